The molecule has 1 aromatic rings. The Hall–Kier alpha value is -3.74. The third kappa shape index (κ3) is 4.19. The number of hydrogen-bond acceptors (Lipinski definition) is 10. The van der Waals surface area contributed by atoms with Crippen LogP contribution in [0.15, 0.2) is 29.0 Å². The number of anilines is 1. The van der Waals surface area contributed by atoms with Crippen LogP contribution in [0.5, 0.6) is 5.75 Å². The molecule has 0 bridgehead atoms. The second kappa shape index (κ2) is 9.47. The predicted octanol–water partition coefficient (Wildman–Crippen LogP) is -0.0979. The van der Waals surface area contributed by atoms with Gasteiger partial charge in [-0.3, -0.25) is 24.1 Å². The predicted molar refractivity (Wildman–Crippen MR) is 138 cm³/mol. The van der Waals surface area contributed by atoms with Crippen molar-refractivity contribution in [1.82, 2.24) is 10.2 Å². The monoisotopic (exact) mass is 540 g/mol. The van der Waals surface area contributed by atoms with Crippen molar-refractivity contribution in [2.45, 2.75) is 37.3 Å². The number of nitrogens with one attached hydrogen (secondary N) is 2. The third-order valence-corrected chi connectivity index (χ3v) is 8.28. The molecule has 12 heteroatoms. The summed E-state index contributed by atoms with van der Waals surface area (Å²) < 4.78 is 0. The molecular formula is C27H32N4O8. The summed E-state index contributed by atoms with van der Waals surface area (Å²) in [6.07, 6.45) is 2.46. The van der Waals surface area contributed by atoms with E-state index in [0.29, 0.717) is 11.5 Å². The fourth-order valence-electron chi connectivity index (χ4n) is 6.23. The van der Waals surface area contributed by atoms with Gasteiger partial charge >= 0.3 is 0 Å². The van der Waals surface area contributed by atoms with Crippen molar-refractivity contribution < 1.29 is 39.6 Å². The number of aliphatic hydroxyl groups excluding tert-OH is 2. The molecule has 0 aliphatic heterocycles. The minimum absolute atomic E-state index is 0.0116. The molecule has 12 nitrogen and oxygen atoms in total. The molecule has 4 aliphatic rings. The maximum Gasteiger partial charge on any atom is 0.255 e. The molecule has 5 rings (SSSR count). The Morgan fingerprint density at radius 1 is 1.15 bits per heavy atom. The third-order valence-electron chi connectivity index (χ3n) is 8.28. The average molecular weight is 541 g/mol. The first-order chi connectivity index (χ1) is 18.4. The van der Waals surface area contributed by atoms with E-state index in [9.17, 15) is 39.6 Å². The molecule has 0 spiro atoms. The Morgan fingerprint density at radius 3 is 2.46 bits per heavy atom. The average Bonchev–Trinajstić information content (AvgIpc) is 3.67. The Morgan fingerprint density at radius 2 is 1.85 bits per heavy atom. The number of carbonyl (C=O) groups is 4. The molecular weight excluding hydrogens is 508 g/mol. The standard InChI is InChI=1S/C27H32N4O8/c1-31(2)20-14-8-13-7-12-5-6-15(30-16(32)10-29-9-11-3-4-11)21(33)17(12)22(34)18(13)24(36)27(14,39)25(37)19(23(20)35)26(28)38/h5-6,11,13-14,20,29,33-34,37,39H,3-4,7-10H2,1-2H3,(H2,28,38)(H,30,32)/t13?,14?,20-,27-/m0/s1. The fourth-order valence-corrected chi connectivity index (χ4v) is 6.23. The number of aliphatic hydroxyl groups is 3. The van der Waals surface area contributed by atoms with Crippen LogP contribution in [0.3, 0.4) is 0 Å². The molecule has 4 aliphatic carbocycles. The van der Waals surface area contributed by atoms with E-state index in [0.717, 1.165) is 19.4 Å². The van der Waals surface area contributed by atoms with Gasteiger partial charge in [0.2, 0.25) is 11.7 Å². The van der Waals surface area contributed by atoms with Crippen molar-refractivity contribution in [3.05, 3.63) is 40.2 Å². The molecule has 39 heavy (non-hydrogen) atoms. The smallest absolute Gasteiger partial charge is 0.255 e. The molecule has 208 valence electrons. The van der Waals surface area contributed by atoms with Crippen molar-refractivity contribution in [1.29, 1.82) is 0 Å². The highest BCUT2D eigenvalue weighted by atomic mass is 16.3. The van der Waals surface area contributed by atoms with E-state index in [1.165, 1.54) is 11.0 Å². The van der Waals surface area contributed by atoms with Crippen molar-refractivity contribution in [2.24, 2.45) is 23.5 Å². The van der Waals surface area contributed by atoms with E-state index in [-0.39, 0.29) is 36.2 Å². The van der Waals surface area contributed by atoms with E-state index >= 15 is 0 Å². The number of hydrogen-bond donors (Lipinski definition) is 7. The highest BCUT2D eigenvalue weighted by Crippen LogP contribution is 2.53. The number of phenolic OH excluding ortho intramolecular Hbond substituents is 1. The fraction of sp³-hybridized carbons (Fsp3) is 0.481. The van der Waals surface area contributed by atoms with Gasteiger partial charge < -0.3 is 36.8 Å². The second-order valence-electron chi connectivity index (χ2n) is 11.1. The molecule has 0 heterocycles. The van der Waals surface area contributed by atoms with Gasteiger partial charge in [-0.15, -0.1) is 0 Å². The van der Waals surface area contributed by atoms with Crippen LogP contribution in [-0.2, 0) is 25.6 Å². The van der Waals surface area contributed by atoms with E-state index in [2.05, 4.69) is 10.6 Å². The summed E-state index contributed by atoms with van der Waals surface area (Å²) in [4.78, 5) is 52.8. The number of phenols is 1. The SMILES string of the molecule is CN(C)[C@@H]1C(=O)C(C(N)=O)=C(O)[C@@]2(O)C(=O)C3=C(O)c4c(ccc(NC(=O)CNCC5CC5)c4O)CC3CC12. The van der Waals surface area contributed by atoms with Gasteiger partial charge in [0.15, 0.2) is 11.4 Å². The van der Waals surface area contributed by atoms with Crippen molar-refractivity contribution >= 4 is 34.8 Å². The number of amides is 2. The van der Waals surface area contributed by atoms with Crippen LogP contribution < -0.4 is 16.4 Å². The van der Waals surface area contributed by atoms with E-state index in [1.54, 1.807) is 20.2 Å². The minimum Gasteiger partial charge on any atom is -0.508 e. The molecule has 1 aromatic carbocycles. The van der Waals surface area contributed by atoms with E-state index in [1.807, 2.05) is 0 Å². The number of carbonyl (C=O) groups excluding carboxylic acids is 4. The summed E-state index contributed by atoms with van der Waals surface area (Å²) in [7, 11) is 3.09. The number of aromatic hydroxyl groups is 1. The van der Waals surface area contributed by atoms with Crippen LogP contribution in [0.1, 0.15) is 30.4 Å². The molecule has 2 saturated carbocycles. The largest absolute Gasteiger partial charge is 0.508 e. The number of primary amides is 1. The number of ketones is 2. The molecule has 2 unspecified atom stereocenters. The Balaban J connectivity index is 1.53. The lowest BCUT2D eigenvalue weighted by molar-refractivity contribution is -0.153. The summed E-state index contributed by atoms with van der Waals surface area (Å²) in [5, 5.41) is 50.4. The highest BCUT2D eigenvalue weighted by molar-refractivity contribution is 6.24. The lowest BCUT2D eigenvalue weighted by atomic mass is 9.57. The van der Waals surface area contributed by atoms with Gasteiger partial charge in [-0.2, -0.15) is 0 Å². The number of fused-ring (bicyclic) bond motifs is 3. The maximum absolute atomic E-state index is 13.8. The second-order valence-corrected chi connectivity index (χ2v) is 11.1. The van der Waals surface area contributed by atoms with E-state index < -0.39 is 69.7 Å². The van der Waals surface area contributed by atoms with Gasteiger partial charge in [0.25, 0.3) is 5.91 Å². The lowest BCUT2D eigenvalue weighted by Crippen LogP contribution is -2.65. The molecule has 0 radical (unpaired) electrons. The van der Waals surface area contributed by atoms with Crippen LogP contribution in [0.4, 0.5) is 5.69 Å². The summed E-state index contributed by atoms with van der Waals surface area (Å²) in [6, 6.07) is 1.99. The van der Waals surface area contributed by atoms with Gasteiger partial charge in [-0.1, -0.05) is 6.07 Å². The first kappa shape index (κ1) is 26.9. The molecule has 2 amide bonds. The van der Waals surface area contributed by atoms with Gasteiger partial charge in [-0.25, -0.2) is 0 Å². The number of nitrogens with two attached hydrogens (primary N) is 1. The summed E-state index contributed by atoms with van der Waals surface area (Å²) in [5.74, 6) is -6.96. The zero-order valence-corrected chi connectivity index (χ0v) is 21.7. The van der Waals surface area contributed by atoms with E-state index in [4.69, 9.17) is 5.73 Å². The van der Waals surface area contributed by atoms with Gasteiger partial charge in [0.1, 0.15) is 22.8 Å². The normalized spacial score (nSPS) is 28.3. The Kier molecular flexibility index (Phi) is 6.52. The number of nitrogens with zero attached hydrogens (tertiary/aromatic N) is 1. The quantitative estimate of drug-likeness (QED) is 0.181. The van der Waals surface area contributed by atoms with Crippen LogP contribution >= 0.6 is 0 Å². The summed E-state index contributed by atoms with van der Waals surface area (Å²) >= 11 is 0. The zero-order chi connectivity index (χ0) is 28.4. The van der Waals surface area contributed by atoms with Crippen LogP contribution in [0.2, 0.25) is 0 Å². The van der Waals surface area contributed by atoms with Crippen molar-refractivity contribution in [2.75, 3.05) is 32.5 Å². The summed E-state index contributed by atoms with van der Waals surface area (Å²) in [6.45, 7) is 0.761. The molecule has 4 atom stereocenters. The lowest BCUT2D eigenvalue weighted by Gasteiger charge is -2.50. The van der Waals surface area contributed by atoms with Crippen LogP contribution in [-0.4, -0.2) is 87.5 Å². The molecule has 0 saturated heterocycles. The van der Waals surface area contributed by atoms with Crippen molar-refractivity contribution in [3.63, 3.8) is 0 Å². The number of Topliss-reactive ketones (excluding diaryl/α,β-unsaturated/α-hetero) is 2. The van der Waals surface area contributed by atoms with Gasteiger partial charge in [-0.05, 0) is 69.8 Å². The molecule has 2 fully saturated rings. The number of benzene rings is 1. The van der Waals surface area contributed by atoms with Crippen LogP contribution in [0, 0.1) is 17.8 Å². The number of likely N-dealkylation sites (N-methyl/N-ethyl adjacent to an activating group) is 1. The van der Waals surface area contributed by atoms with Gasteiger partial charge in [0.05, 0.1) is 23.8 Å². The minimum atomic E-state index is -2.70. The maximum atomic E-state index is 13.8. The Bertz CT molecular complexity index is 1360. The Labute approximate surface area is 224 Å². The first-order valence-electron chi connectivity index (χ1n) is 12.9. The van der Waals surface area contributed by atoms with Crippen LogP contribution in [0.25, 0.3) is 5.76 Å². The first-order valence-corrected chi connectivity index (χ1v) is 12.9. The van der Waals surface area contributed by atoms with Crippen molar-refractivity contribution in [3.8, 4) is 5.75 Å². The van der Waals surface area contributed by atoms with Gasteiger partial charge in [0, 0.05) is 11.5 Å². The summed E-state index contributed by atoms with van der Waals surface area (Å²) in [5.41, 5.74) is 1.99. The molecule has 0 aromatic heterocycles. The topological polar surface area (TPSA) is 203 Å². The molecule has 8 N–H and O–H groups in total. The zero-order valence-electron chi connectivity index (χ0n) is 21.7. The highest BCUT2D eigenvalue weighted by Gasteiger charge is 2.64. The number of rotatable bonds is 7.